The van der Waals surface area contributed by atoms with Crippen molar-refractivity contribution in [3.63, 3.8) is 0 Å². The highest BCUT2D eigenvalue weighted by molar-refractivity contribution is 7.89. The van der Waals surface area contributed by atoms with Gasteiger partial charge in [-0.15, -0.1) is 11.3 Å². The molecule has 0 aliphatic heterocycles. The maximum Gasteiger partial charge on any atom is 0.324 e. The Bertz CT molecular complexity index is 1070. The first-order valence-electron chi connectivity index (χ1n) is 8.30. The lowest BCUT2D eigenvalue weighted by Gasteiger charge is -2.13. The molecule has 1 N–H and O–H groups in total. The lowest BCUT2D eigenvalue weighted by molar-refractivity contribution is -0.146. The van der Waals surface area contributed by atoms with Crippen LogP contribution in [0, 0.1) is 0 Å². The predicted molar refractivity (Wildman–Crippen MR) is 109 cm³/mol. The van der Waals surface area contributed by atoms with Crippen LogP contribution in [-0.2, 0) is 26.2 Å². The number of carbonyl (C=O) groups excluding carboxylic acids is 1. The van der Waals surface area contributed by atoms with Crippen molar-refractivity contribution in [3.8, 4) is 10.6 Å². The second kappa shape index (κ2) is 8.83. The van der Waals surface area contributed by atoms with E-state index in [-0.39, 0.29) is 11.5 Å². The van der Waals surface area contributed by atoms with Gasteiger partial charge in [0.15, 0.2) is 0 Å². The first-order valence-corrected chi connectivity index (χ1v) is 11.0. The molecule has 3 rings (SSSR count). The highest BCUT2D eigenvalue weighted by Gasteiger charge is 2.23. The SMILES string of the molecule is CC(NS(=O)(=O)c1ccccc1)C(=O)OCc1csc(-c2ccccc2Cl)n1. The maximum atomic E-state index is 12.3. The summed E-state index contributed by atoms with van der Waals surface area (Å²) in [7, 11) is -3.80. The Hall–Kier alpha value is -2.26. The van der Waals surface area contributed by atoms with Gasteiger partial charge in [-0.1, -0.05) is 48.0 Å². The van der Waals surface area contributed by atoms with E-state index in [9.17, 15) is 13.2 Å². The number of ether oxygens (including phenoxy) is 1. The van der Waals surface area contributed by atoms with Crippen LogP contribution in [-0.4, -0.2) is 25.4 Å². The van der Waals surface area contributed by atoms with E-state index in [0.717, 1.165) is 10.6 Å². The van der Waals surface area contributed by atoms with E-state index < -0.39 is 22.0 Å². The van der Waals surface area contributed by atoms with Gasteiger partial charge < -0.3 is 4.74 Å². The van der Waals surface area contributed by atoms with Gasteiger partial charge in [0.1, 0.15) is 17.7 Å². The monoisotopic (exact) mass is 436 g/mol. The van der Waals surface area contributed by atoms with E-state index >= 15 is 0 Å². The normalized spacial score (nSPS) is 12.5. The molecular formula is C19H17ClN2O4S2. The highest BCUT2D eigenvalue weighted by atomic mass is 35.5. The molecule has 1 heterocycles. The molecule has 1 unspecified atom stereocenters. The Labute approximate surface area is 172 Å². The van der Waals surface area contributed by atoms with Crippen molar-refractivity contribution in [1.29, 1.82) is 0 Å². The summed E-state index contributed by atoms with van der Waals surface area (Å²) < 4.78 is 32.0. The molecule has 1 atom stereocenters. The first-order chi connectivity index (χ1) is 13.4. The zero-order valence-corrected chi connectivity index (χ0v) is 17.2. The summed E-state index contributed by atoms with van der Waals surface area (Å²) in [5.41, 5.74) is 1.36. The fourth-order valence-corrected chi connectivity index (χ4v) is 4.69. The number of hydrogen-bond donors (Lipinski definition) is 1. The molecule has 0 amide bonds. The van der Waals surface area contributed by atoms with Crippen LogP contribution < -0.4 is 4.72 Å². The van der Waals surface area contributed by atoms with Gasteiger partial charge in [0.25, 0.3) is 0 Å². The molecule has 0 bridgehead atoms. The Balaban J connectivity index is 1.59. The second-order valence-corrected chi connectivity index (χ2v) is 8.87. The van der Waals surface area contributed by atoms with E-state index in [1.54, 1.807) is 29.6 Å². The summed E-state index contributed by atoms with van der Waals surface area (Å²) in [6.07, 6.45) is 0. The minimum absolute atomic E-state index is 0.0583. The maximum absolute atomic E-state index is 12.3. The van der Waals surface area contributed by atoms with Crippen LogP contribution in [0.25, 0.3) is 10.6 Å². The number of rotatable bonds is 7. The quantitative estimate of drug-likeness (QED) is 0.568. The molecule has 1 aromatic heterocycles. The summed E-state index contributed by atoms with van der Waals surface area (Å²) in [5, 5.41) is 3.07. The molecule has 28 heavy (non-hydrogen) atoms. The van der Waals surface area contributed by atoms with Crippen LogP contribution in [0.3, 0.4) is 0 Å². The van der Waals surface area contributed by atoms with Crippen LogP contribution in [0.4, 0.5) is 0 Å². The van der Waals surface area contributed by atoms with E-state index in [1.807, 2.05) is 18.2 Å². The fraction of sp³-hybridized carbons (Fsp3) is 0.158. The third-order valence-corrected chi connectivity index (χ3v) is 6.57. The Morgan fingerprint density at radius 3 is 2.57 bits per heavy atom. The molecule has 0 fully saturated rings. The Morgan fingerprint density at radius 1 is 1.18 bits per heavy atom. The molecule has 3 aromatic rings. The van der Waals surface area contributed by atoms with E-state index in [1.165, 1.54) is 30.4 Å². The molecular weight excluding hydrogens is 420 g/mol. The number of nitrogens with one attached hydrogen (secondary N) is 1. The van der Waals surface area contributed by atoms with Crippen molar-refractivity contribution in [1.82, 2.24) is 9.71 Å². The average Bonchev–Trinajstić information content (AvgIpc) is 3.15. The summed E-state index contributed by atoms with van der Waals surface area (Å²) in [6, 6.07) is 14.1. The van der Waals surface area contributed by atoms with Gasteiger partial charge in [0, 0.05) is 10.9 Å². The molecule has 6 nitrogen and oxygen atoms in total. The van der Waals surface area contributed by atoms with Gasteiger partial charge in [-0.3, -0.25) is 4.79 Å². The topological polar surface area (TPSA) is 85.4 Å². The van der Waals surface area contributed by atoms with Crippen molar-refractivity contribution in [3.05, 3.63) is 70.7 Å². The lowest BCUT2D eigenvalue weighted by atomic mass is 10.2. The van der Waals surface area contributed by atoms with E-state index in [0.29, 0.717) is 10.7 Å². The van der Waals surface area contributed by atoms with E-state index in [2.05, 4.69) is 9.71 Å². The van der Waals surface area contributed by atoms with Gasteiger partial charge in [-0.2, -0.15) is 4.72 Å². The largest absolute Gasteiger partial charge is 0.458 e. The summed E-state index contributed by atoms with van der Waals surface area (Å²) in [4.78, 5) is 16.7. The van der Waals surface area contributed by atoms with Crippen LogP contribution in [0.1, 0.15) is 12.6 Å². The summed E-state index contributed by atoms with van der Waals surface area (Å²) in [6.45, 7) is 1.37. The molecule has 0 aliphatic carbocycles. The minimum Gasteiger partial charge on any atom is -0.458 e. The van der Waals surface area contributed by atoms with Crippen molar-refractivity contribution >= 4 is 38.9 Å². The van der Waals surface area contributed by atoms with Gasteiger partial charge in [-0.25, -0.2) is 13.4 Å². The molecule has 146 valence electrons. The molecule has 0 saturated heterocycles. The van der Waals surface area contributed by atoms with Crippen LogP contribution in [0.15, 0.2) is 64.9 Å². The minimum atomic E-state index is -3.80. The molecule has 0 aliphatic rings. The van der Waals surface area contributed by atoms with Gasteiger partial charge >= 0.3 is 5.97 Å². The molecule has 9 heteroatoms. The van der Waals surface area contributed by atoms with Gasteiger partial charge in [0.2, 0.25) is 10.0 Å². The number of esters is 1. The zero-order chi connectivity index (χ0) is 20.1. The zero-order valence-electron chi connectivity index (χ0n) is 14.8. The molecule has 0 saturated carbocycles. The summed E-state index contributed by atoms with van der Waals surface area (Å²) in [5.74, 6) is -0.688. The van der Waals surface area contributed by atoms with Crippen LogP contribution in [0.5, 0.6) is 0 Å². The molecule has 2 aromatic carbocycles. The third kappa shape index (κ3) is 4.96. The van der Waals surface area contributed by atoms with Gasteiger partial charge in [0.05, 0.1) is 15.6 Å². The number of halogens is 1. The lowest BCUT2D eigenvalue weighted by Crippen LogP contribution is -2.39. The van der Waals surface area contributed by atoms with Gasteiger partial charge in [-0.05, 0) is 25.1 Å². The fourth-order valence-electron chi connectivity index (χ4n) is 2.35. The number of thiazole rings is 1. The number of nitrogens with zero attached hydrogens (tertiary/aromatic N) is 1. The third-order valence-electron chi connectivity index (χ3n) is 3.76. The van der Waals surface area contributed by atoms with E-state index in [4.69, 9.17) is 16.3 Å². The number of benzene rings is 2. The molecule has 0 radical (unpaired) electrons. The second-order valence-electron chi connectivity index (χ2n) is 5.89. The predicted octanol–water partition coefficient (Wildman–Crippen LogP) is 3.87. The first kappa shape index (κ1) is 20.5. The smallest absolute Gasteiger partial charge is 0.324 e. The van der Waals surface area contributed by atoms with Crippen molar-refractivity contribution in [2.24, 2.45) is 0 Å². The number of aromatic nitrogens is 1. The van der Waals surface area contributed by atoms with Crippen molar-refractivity contribution < 1.29 is 17.9 Å². The molecule has 0 spiro atoms. The van der Waals surface area contributed by atoms with Crippen molar-refractivity contribution in [2.75, 3.05) is 0 Å². The van der Waals surface area contributed by atoms with Crippen LogP contribution >= 0.6 is 22.9 Å². The standard InChI is InChI=1S/C19H17ClN2O4S2/c1-13(22-28(24,25)15-7-3-2-4-8-15)19(23)26-11-14-12-27-18(21-14)16-9-5-6-10-17(16)20/h2-10,12-13,22H,11H2,1H3. The van der Waals surface area contributed by atoms with Crippen LogP contribution in [0.2, 0.25) is 5.02 Å². The Kier molecular flexibility index (Phi) is 6.46. The summed E-state index contributed by atoms with van der Waals surface area (Å²) >= 11 is 7.55. The number of hydrogen-bond acceptors (Lipinski definition) is 6. The highest BCUT2D eigenvalue weighted by Crippen LogP contribution is 2.30. The van der Waals surface area contributed by atoms with Crippen molar-refractivity contribution in [2.45, 2.75) is 24.5 Å². The number of carbonyl (C=O) groups is 1. The Morgan fingerprint density at radius 2 is 1.86 bits per heavy atom. The average molecular weight is 437 g/mol. The number of sulfonamides is 1.